The maximum Gasteiger partial charge on any atom is 0.234 e. The van der Waals surface area contributed by atoms with Crippen LogP contribution in [0.2, 0.25) is 0 Å². The Bertz CT molecular complexity index is 238. The minimum Gasteiger partial charge on any atom is -0.355 e. The third-order valence-corrected chi connectivity index (χ3v) is 3.53. The van der Waals surface area contributed by atoms with Crippen LogP contribution >= 0.6 is 0 Å². The van der Waals surface area contributed by atoms with Gasteiger partial charge in [-0.1, -0.05) is 0 Å². The quantitative estimate of drug-likeness (QED) is 0.685. The zero-order valence-electron chi connectivity index (χ0n) is 9.30. The summed E-state index contributed by atoms with van der Waals surface area (Å²) in [6, 6.07) is 0. The van der Waals surface area contributed by atoms with Crippen molar-refractivity contribution in [2.45, 2.75) is 25.7 Å². The lowest BCUT2D eigenvalue weighted by Gasteiger charge is -2.24. The molecule has 1 saturated carbocycles. The molecule has 0 aromatic rings. The lowest BCUT2D eigenvalue weighted by Crippen LogP contribution is -2.37. The van der Waals surface area contributed by atoms with E-state index in [0.29, 0.717) is 12.0 Å². The molecule has 1 aliphatic heterocycles. The largest absolute Gasteiger partial charge is 0.355 e. The molecule has 1 amide bonds. The van der Waals surface area contributed by atoms with Crippen molar-refractivity contribution >= 4 is 5.91 Å². The zero-order valence-corrected chi connectivity index (χ0v) is 9.30. The second-order valence-electron chi connectivity index (χ2n) is 4.95. The van der Waals surface area contributed by atoms with Crippen molar-refractivity contribution in [3.05, 3.63) is 0 Å². The van der Waals surface area contributed by atoms with Crippen molar-refractivity contribution in [2.24, 2.45) is 11.1 Å². The molecule has 3 N–H and O–H groups in total. The summed E-state index contributed by atoms with van der Waals surface area (Å²) in [5.74, 6) is 0.177. The van der Waals surface area contributed by atoms with Gasteiger partial charge < -0.3 is 11.1 Å². The van der Waals surface area contributed by atoms with E-state index < -0.39 is 0 Å². The van der Waals surface area contributed by atoms with Crippen molar-refractivity contribution in [1.29, 1.82) is 0 Å². The fraction of sp³-hybridized carbons (Fsp3) is 0.909. The fourth-order valence-corrected chi connectivity index (χ4v) is 2.45. The van der Waals surface area contributed by atoms with Gasteiger partial charge in [0, 0.05) is 19.6 Å². The van der Waals surface area contributed by atoms with Gasteiger partial charge in [0.1, 0.15) is 0 Å². The molecule has 2 rings (SSSR count). The van der Waals surface area contributed by atoms with Crippen LogP contribution in [0.25, 0.3) is 0 Å². The number of hydrogen-bond donors (Lipinski definition) is 2. The molecule has 15 heavy (non-hydrogen) atoms. The molecule has 0 bridgehead atoms. The highest BCUT2D eigenvalue weighted by Crippen LogP contribution is 2.49. The number of carbonyl (C=O) groups is 1. The number of nitrogens with zero attached hydrogens (tertiary/aromatic N) is 1. The number of carbonyl (C=O) groups excluding carboxylic acids is 1. The SMILES string of the molecule is NCCC1(CN2CCCNC(=O)C2)CC1. The van der Waals surface area contributed by atoms with Crippen molar-refractivity contribution < 1.29 is 4.79 Å². The highest BCUT2D eigenvalue weighted by Gasteiger charge is 2.43. The molecule has 0 aromatic heterocycles. The lowest BCUT2D eigenvalue weighted by molar-refractivity contribution is -0.121. The summed E-state index contributed by atoms with van der Waals surface area (Å²) < 4.78 is 0. The van der Waals surface area contributed by atoms with E-state index >= 15 is 0 Å². The van der Waals surface area contributed by atoms with Crippen LogP contribution in [0.1, 0.15) is 25.7 Å². The van der Waals surface area contributed by atoms with Crippen molar-refractivity contribution in [3.63, 3.8) is 0 Å². The Balaban J connectivity index is 1.84. The molecule has 2 aliphatic rings. The van der Waals surface area contributed by atoms with Crippen LogP contribution in [0, 0.1) is 5.41 Å². The predicted octanol–water partition coefficient (Wildman–Crippen LogP) is -0.0627. The van der Waals surface area contributed by atoms with Gasteiger partial charge in [0.05, 0.1) is 6.54 Å². The summed E-state index contributed by atoms with van der Waals surface area (Å²) in [7, 11) is 0. The van der Waals surface area contributed by atoms with Gasteiger partial charge in [-0.2, -0.15) is 0 Å². The molecule has 0 radical (unpaired) electrons. The number of hydrogen-bond acceptors (Lipinski definition) is 3. The molecule has 4 heteroatoms. The van der Waals surface area contributed by atoms with Crippen LogP contribution in [0.3, 0.4) is 0 Å². The summed E-state index contributed by atoms with van der Waals surface area (Å²) >= 11 is 0. The van der Waals surface area contributed by atoms with Crippen molar-refractivity contribution in [3.8, 4) is 0 Å². The van der Waals surface area contributed by atoms with Gasteiger partial charge in [0.2, 0.25) is 5.91 Å². The smallest absolute Gasteiger partial charge is 0.234 e. The van der Waals surface area contributed by atoms with E-state index in [9.17, 15) is 4.79 Å². The van der Waals surface area contributed by atoms with Gasteiger partial charge in [0.15, 0.2) is 0 Å². The highest BCUT2D eigenvalue weighted by atomic mass is 16.2. The summed E-state index contributed by atoms with van der Waals surface area (Å²) in [5, 5.41) is 2.91. The van der Waals surface area contributed by atoms with Crippen LogP contribution in [-0.4, -0.2) is 43.5 Å². The van der Waals surface area contributed by atoms with Crippen molar-refractivity contribution in [1.82, 2.24) is 10.2 Å². The average Bonchev–Trinajstić information content (AvgIpc) is 2.94. The molecule has 0 spiro atoms. The topological polar surface area (TPSA) is 58.4 Å². The van der Waals surface area contributed by atoms with Gasteiger partial charge in [-0.05, 0) is 37.6 Å². The van der Waals surface area contributed by atoms with Gasteiger partial charge >= 0.3 is 0 Å². The predicted molar refractivity (Wildman–Crippen MR) is 59.4 cm³/mol. The first kappa shape index (κ1) is 10.9. The van der Waals surface area contributed by atoms with Crippen LogP contribution in [-0.2, 0) is 4.79 Å². The Hall–Kier alpha value is -0.610. The Morgan fingerprint density at radius 1 is 1.47 bits per heavy atom. The van der Waals surface area contributed by atoms with Gasteiger partial charge in [-0.3, -0.25) is 9.69 Å². The third-order valence-electron chi connectivity index (χ3n) is 3.53. The van der Waals surface area contributed by atoms with Crippen LogP contribution in [0.15, 0.2) is 0 Å². The Kier molecular flexibility index (Phi) is 3.26. The number of amides is 1. The Morgan fingerprint density at radius 3 is 2.93 bits per heavy atom. The summed E-state index contributed by atoms with van der Waals surface area (Å²) in [6.45, 7) is 4.30. The molecule has 4 nitrogen and oxygen atoms in total. The minimum absolute atomic E-state index is 0.177. The average molecular weight is 211 g/mol. The van der Waals surface area contributed by atoms with Crippen molar-refractivity contribution in [2.75, 3.05) is 32.7 Å². The Morgan fingerprint density at radius 2 is 2.27 bits per heavy atom. The fourth-order valence-electron chi connectivity index (χ4n) is 2.45. The number of nitrogens with one attached hydrogen (secondary N) is 1. The van der Waals surface area contributed by atoms with E-state index in [1.54, 1.807) is 0 Å². The first-order chi connectivity index (χ1) is 7.24. The zero-order chi connectivity index (χ0) is 10.7. The normalized spacial score (nSPS) is 25.8. The third kappa shape index (κ3) is 2.92. The first-order valence-electron chi connectivity index (χ1n) is 5.93. The lowest BCUT2D eigenvalue weighted by atomic mass is 10.0. The van der Waals surface area contributed by atoms with Gasteiger partial charge in [-0.25, -0.2) is 0 Å². The number of rotatable bonds is 4. The molecule has 0 unspecified atom stereocenters. The standard InChI is InChI=1S/C11H21N3O/c12-5-4-11(2-3-11)9-14-7-1-6-13-10(15)8-14/h1-9,12H2,(H,13,15). The van der Waals surface area contributed by atoms with Gasteiger partial charge in [-0.15, -0.1) is 0 Å². The molecule has 1 heterocycles. The second kappa shape index (κ2) is 4.49. The first-order valence-corrected chi connectivity index (χ1v) is 5.93. The molecule has 0 atom stereocenters. The van der Waals surface area contributed by atoms with E-state index in [1.165, 1.54) is 12.8 Å². The van der Waals surface area contributed by atoms with Gasteiger partial charge in [0.25, 0.3) is 0 Å². The summed E-state index contributed by atoms with van der Waals surface area (Å²) in [6.07, 6.45) is 4.78. The van der Waals surface area contributed by atoms with Crippen LogP contribution in [0.5, 0.6) is 0 Å². The Labute approximate surface area is 91.2 Å². The molecule has 2 fully saturated rings. The highest BCUT2D eigenvalue weighted by molar-refractivity contribution is 5.78. The van der Waals surface area contributed by atoms with E-state index in [1.807, 2.05) is 0 Å². The van der Waals surface area contributed by atoms with Crippen LogP contribution < -0.4 is 11.1 Å². The van der Waals surface area contributed by atoms with E-state index in [0.717, 1.165) is 39.0 Å². The van der Waals surface area contributed by atoms with Crippen LogP contribution in [0.4, 0.5) is 0 Å². The molecule has 1 aliphatic carbocycles. The van der Waals surface area contributed by atoms with E-state index in [-0.39, 0.29) is 5.91 Å². The molecule has 1 saturated heterocycles. The maximum atomic E-state index is 11.4. The molecule has 0 aromatic carbocycles. The number of nitrogens with two attached hydrogens (primary N) is 1. The second-order valence-corrected chi connectivity index (χ2v) is 4.95. The summed E-state index contributed by atoms with van der Waals surface area (Å²) in [5.41, 5.74) is 6.08. The maximum absolute atomic E-state index is 11.4. The van der Waals surface area contributed by atoms with E-state index in [2.05, 4.69) is 10.2 Å². The molecular formula is C11H21N3O. The van der Waals surface area contributed by atoms with E-state index in [4.69, 9.17) is 5.73 Å². The summed E-state index contributed by atoms with van der Waals surface area (Å²) in [4.78, 5) is 13.7. The molecular weight excluding hydrogens is 190 g/mol. The molecule has 86 valence electrons. The minimum atomic E-state index is 0.177. The monoisotopic (exact) mass is 211 g/mol.